The Labute approximate surface area is 194 Å². The van der Waals surface area contributed by atoms with Gasteiger partial charge in [-0.05, 0) is 36.4 Å². The molecule has 0 saturated heterocycles. The van der Waals surface area contributed by atoms with Crippen LogP contribution in [0.2, 0.25) is 0 Å². The zero-order valence-electron chi connectivity index (χ0n) is 17.7. The van der Waals surface area contributed by atoms with Crippen molar-refractivity contribution in [1.82, 2.24) is 0 Å². The van der Waals surface area contributed by atoms with E-state index in [9.17, 15) is 30.0 Å². The first kappa shape index (κ1) is 22.2. The summed E-state index contributed by atoms with van der Waals surface area (Å²) in [4.78, 5) is 25.5. The second-order valence-corrected chi connectivity index (χ2v) is 7.48. The van der Waals surface area contributed by atoms with Crippen LogP contribution in [0.5, 0.6) is 23.0 Å². The van der Waals surface area contributed by atoms with Gasteiger partial charge in [-0.25, -0.2) is 0 Å². The first-order valence-corrected chi connectivity index (χ1v) is 10.2. The number of hydrogen-bond donors (Lipinski definition) is 6. The highest BCUT2D eigenvalue weighted by Crippen LogP contribution is 2.34. The second kappa shape index (κ2) is 9.25. The molecule has 0 saturated carbocycles. The normalized spacial score (nSPS) is 10.5. The number of aromatic hydroxyl groups is 4. The van der Waals surface area contributed by atoms with Crippen LogP contribution in [-0.4, -0.2) is 32.2 Å². The smallest absolute Gasteiger partial charge is 0.255 e. The number of para-hydroxylation sites is 2. The minimum atomic E-state index is -0.546. The Morgan fingerprint density at radius 3 is 1.18 bits per heavy atom. The monoisotopic (exact) mass is 456 g/mol. The van der Waals surface area contributed by atoms with Gasteiger partial charge in [0.25, 0.3) is 11.8 Å². The molecule has 0 aliphatic heterocycles. The first-order valence-electron chi connectivity index (χ1n) is 10.2. The van der Waals surface area contributed by atoms with Gasteiger partial charge >= 0.3 is 0 Å². The van der Waals surface area contributed by atoms with E-state index in [1.807, 2.05) is 0 Å². The summed E-state index contributed by atoms with van der Waals surface area (Å²) < 4.78 is 0. The average Bonchev–Trinajstić information content (AvgIpc) is 2.78. The highest BCUT2D eigenvalue weighted by atomic mass is 16.3. The Morgan fingerprint density at radius 2 is 0.824 bits per heavy atom. The SMILES string of the molecule is O=C(Nc1ccccc1-c1ccccc1NC(=O)c1cc(O)cc(O)c1)c1cc(O)cc(O)c1. The molecule has 0 spiro atoms. The predicted molar refractivity (Wildman–Crippen MR) is 127 cm³/mol. The molecule has 8 heteroatoms. The Kier molecular flexibility index (Phi) is 6.05. The van der Waals surface area contributed by atoms with Crippen molar-refractivity contribution in [1.29, 1.82) is 0 Å². The summed E-state index contributed by atoms with van der Waals surface area (Å²) in [5.74, 6) is -2.08. The molecule has 0 bridgehead atoms. The zero-order valence-corrected chi connectivity index (χ0v) is 17.7. The third kappa shape index (κ3) is 4.91. The first-order chi connectivity index (χ1) is 16.3. The molecule has 4 aromatic carbocycles. The fraction of sp³-hybridized carbons (Fsp3) is 0. The number of hydrogen-bond acceptors (Lipinski definition) is 6. The minimum absolute atomic E-state index is 0.0672. The van der Waals surface area contributed by atoms with Crippen molar-refractivity contribution in [3.05, 3.63) is 96.1 Å². The van der Waals surface area contributed by atoms with Gasteiger partial charge in [0.05, 0.1) is 0 Å². The van der Waals surface area contributed by atoms with Crippen LogP contribution in [0.1, 0.15) is 20.7 Å². The molecule has 0 radical (unpaired) electrons. The maximum absolute atomic E-state index is 12.8. The lowest BCUT2D eigenvalue weighted by Gasteiger charge is -2.16. The number of anilines is 2. The van der Waals surface area contributed by atoms with Gasteiger partial charge in [-0.1, -0.05) is 36.4 Å². The van der Waals surface area contributed by atoms with E-state index >= 15 is 0 Å². The molecular formula is C26H20N2O6. The summed E-state index contributed by atoms with van der Waals surface area (Å²) in [6.07, 6.45) is 0. The van der Waals surface area contributed by atoms with E-state index in [0.29, 0.717) is 22.5 Å². The van der Waals surface area contributed by atoms with E-state index in [1.165, 1.54) is 24.3 Å². The quantitative estimate of drug-likeness (QED) is 0.258. The predicted octanol–water partition coefficient (Wildman–Crippen LogP) is 4.68. The summed E-state index contributed by atoms with van der Waals surface area (Å²) in [6, 6.07) is 21.1. The molecule has 0 atom stereocenters. The molecule has 4 rings (SSSR count). The van der Waals surface area contributed by atoms with Crippen LogP contribution in [0.15, 0.2) is 84.9 Å². The summed E-state index contributed by atoms with van der Waals surface area (Å²) in [5, 5.41) is 44.2. The summed E-state index contributed by atoms with van der Waals surface area (Å²) >= 11 is 0. The largest absolute Gasteiger partial charge is 0.508 e. The second-order valence-electron chi connectivity index (χ2n) is 7.48. The standard InChI is InChI=1S/C26H20N2O6/c29-17-9-15(10-18(30)13-17)25(33)27-23-7-3-1-5-21(23)22-6-2-4-8-24(22)28-26(34)16-11-19(31)14-20(32)12-16/h1-14,29-32H,(H,27,33)(H,28,34). The molecule has 4 aromatic rings. The zero-order chi connectivity index (χ0) is 24.2. The number of amides is 2. The van der Waals surface area contributed by atoms with Crippen molar-refractivity contribution < 1.29 is 30.0 Å². The molecule has 8 nitrogen and oxygen atoms in total. The van der Waals surface area contributed by atoms with E-state index < -0.39 is 11.8 Å². The third-order valence-corrected chi connectivity index (χ3v) is 4.97. The highest BCUT2D eigenvalue weighted by molar-refractivity contribution is 6.09. The van der Waals surface area contributed by atoms with E-state index in [0.717, 1.165) is 12.1 Å². The number of phenolic OH excluding ortho intramolecular Hbond substituents is 4. The van der Waals surface area contributed by atoms with Crippen molar-refractivity contribution in [2.75, 3.05) is 10.6 Å². The van der Waals surface area contributed by atoms with Crippen molar-refractivity contribution in [3.63, 3.8) is 0 Å². The number of rotatable bonds is 5. The van der Waals surface area contributed by atoms with Crippen LogP contribution in [0.3, 0.4) is 0 Å². The lowest BCUT2D eigenvalue weighted by molar-refractivity contribution is 0.101. The number of carbonyl (C=O) groups is 2. The lowest BCUT2D eigenvalue weighted by Crippen LogP contribution is -2.14. The minimum Gasteiger partial charge on any atom is -0.508 e. The van der Waals surface area contributed by atoms with E-state index in [-0.39, 0.29) is 34.1 Å². The van der Waals surface area contributed by atoms with Crippen molar-refractivity contribution in [2.45, 2.75) is 0 Å². The molecule has 0 aliphatic carbocycles. The highest BCUT2D eigenvalue weighted by Gasteiger charge is 2.16. The van der Waals surface area contributed by atoms with Crippen molar-refractivity contribution in [3.8, 4) is 34.1 Å². The molecule has 0 aromatic heterocycles. The fourth-order valence-corrected chi connectivity index (χ4v) is 3.50. The Balaban J connectivity index is 1.66. The molecule has 6 N–H and O–H groups in total. The van der Waals surface area contributed by atoms with E-state index in [1.54, 1.807) is 48.5 Å². The van der Waals surface area contributed by atoms with Crippen LogP contribution in [-0.2, 0) is 0 Å². The summed E-state index contributed by atoms with van der Waals surface area (Å²) in [5.41, 5.74) is 2.22. The number of benzene rings is 4. The van der Waals surface area contributed by atoms with Gasteiger partial charge in [-0.15, -0.1) is 0 Å². The molecule has 2 amide bonds. The molecule has 0 fully saturated rings. The number of phenols is 4. The van der Waals surface area contributed by atoms with Gasteiger partial charge < -0.3 is 31.1 Å². The molecular weight excluding hydrogens is 436 g/mol. The van der Waals surface area contributed by atoms with Crippen LogP contribution in [0, 0.1) is 0 Å². The van der Waals surface area contributed by atoms with Gasteiger partial charge in [0.2, 0.25) is 0 Å². The molecule has 170 valence electrons. The molecule has 0 unspecified atom stereocenters. The Morgan fingerprint density at radius 1 is 0.500 bits per heavy atom. The maximum Gasteiger partial charge on any atom is 0.255 e. The molecule has 0 aliphatic rings. The Bertz CT molecular complexity index is 1250. The summed E-state index contributed by atoms with van der Waals surface area (Å²) in [7, 11) is 0. The van der Waals surface area contributed by atoms with Crippen LogP contribution in [0.25, 0.3) is 11.1 Å². The van der Waals surface area contributed by atoms with Crippen LogP contribution >= 0.6 is 0 Å². The average molecular weight is 456 g/mol. The fourth-order valence-electron chi connectivity index (χ4n) is 3.50. The Hall–Kier alpha value is -4.98. The van der Waals surface area contributed by atoms with E-state index in [2.05, 4.69) is 10.6 Å². The van der Waals surface area contributed by atoms with Crippen LogP contribution in [0.4, 0.5) is 11.4 Å². The molecule has 0 heterocycles. The summed E-state index contributed by atoms with van der Waals surface area (Å²) in [6.45, 7) is 0. The maximum atomic E-state index is 12.8. The van der Waals surface area contributed by atoms with Crippen molar-refractivity contribution in [2.24, 2.45) is 0 Å². The lowest BCUT2D eigenvalue weighted by atomic mass is 10.0. The molecule has 34 heavy (non-hydrogen) atoms. The number of nitrogens with one attached hydrogen (secondary N) is 2. The topological polar surface area (TPSA) is 139 Å². The number of carbonyl (C=O) groups excluding carboxylic acids is 2. The van der Waals surface area contributed by atoms with Gasteiger partial charge in [-0.3, -0.25) is 9.59 Å². The van der Waals surface area contributed by atoms with Crippen LogP contribution < -0.4 is 10.6 Å². The van der Waals surface area contributed by atoms with Gasteiger partial charge in [0.1, 0.15) is 23.0 Å². The van der Waals surface area contributed by atoms with Gasteiger partial charge in [0.15, 0.2) is 0 Å². The van der Waals surface area contributed by atoms with Crippen molar-refractivity contribution >= 4 is 23.2 Å². The van der Waals surface area contributed by atoms with Gasteiger partial charge in [-0.2, -0.15) is 0 Å². The van der Waals surface area contributed by atoms with Gasteiger partial charge in [0, 0.05) is 45.8 Å². The van der Waals surface area contributed by atoms with E-state index in [4.69, 9.17) is 0 Å². The third-order valence-electron chi connectivity index (χ3n) is 4.97.